The van der Waals surface area contributed by atoms with Gasteiger partial charge in [-0.05, 0) is 55.5 Å². The lowest BCUT2D eigenvalue weighted by atomic mass is 10.1. The first kappa shape index (κ1) is 17.4. The van der Waals surface area contributed by atoms with Gasteiger partial charge in [-0.1, -0.05) is 30.3 Å². The molecule has 0 unspecified atom stereocenters. The third-order valence-corrected chi connectivity index (χ3v) is 4.07. The second-order valence-electron chi connectivity index (χ2n) is 6.11. The predicted octanol–water partition coefficient (Wildman–Crippen LogP) is 4.24. The van der Waals surface area contributed by atoms with Crippen molar-refractivity contribution in [3.63, 3.8) is 0 Å². The summed E-state index contributed by atoms with van der Waals surface area (Å²) < 4.78 is 0. The van der Waals surface area contributed by atoms with Crippen LogP contribution in [-0.2, 0) is 12.8 Å². The molecule has 0 saturated heterocycles. The fourth-order valence-corrected chi connectivity index (χ4v) is 2.77. The number of benzene rings is 2. The molecule has 0 aliphatic rings. The average molecular weight is 343 g/mol. The van der Waals surface area contributed by atoms with Crippen LogP contribution in [0.4, 0.5) is 17.5 Å². The van der Waals surface area contributed by atoms with Crippen LogP contribution in [0.25, 0.3) is 0 Å². The number of nitrogens with two attached hydrogens (primary N) is 1. The first-order valence-electron chi connectivity index (χ1n) is 8.67. The molecule has 5 nitrogen and oxygen atoms in total. The van der Waals surface area contributed by atoms with Gasteiger partial charge in [0.25, 0.3) is 0 Å². The molecule has 1 heterocycles. The fraction of sp³-hybridized carbons (Fsp3) is 0.190. The van der Waals surface area contributed by atoms with Crippen LogP contribution in [0.15, 0.2) is 60.7 Å². The van der Waals surface area contributed by atoms with Crippen molar-refractivity contribution in [3.8, 4) is 6.07 Å². The van der Waals surface area contributed by atoms with Crippen molar-refractivity contribution < 1.29 is 0 Å². The van der Waals surface area contributed by atoms with Crippen molar-refractivity contribution >= 4 is 17.5 Å². The Balaban J connectivity index is 1.57. The molecule has 26 heavy (non-hydrogen) atoms. The molecule has 3 rings (SSSR count). The van der Waals surface area contributed by atoms with Gasteiger partial charge in [0.1, 0.15) is 5.82 Å². The number of unbranched alkanes of at least 4 members (excludes halogenated alkanes) is 1. The second-order valence-corrected chi connectivity index (χ2v) is 6.11. The molecule has 0 amide bonds. The molecule has 0 aliphatic heterocycles. The Labute approximate surface area is 153 Å². The van der Waals surface area contributed by atoms with Crippen LogP contribution in [0.2, 0.25) is 0 Å². The maximum Gasteiger partial charge on any atom is 0.222 e. The Hall–Kier alpha value is -3.39. The normalized spacial score (nSPS) is 10.3. The number of hydrogen-bond acceptors (Lipinski definition) is 5. The van der Waals surface area contributed by atoms with E-state index in [1.54, 1.807) is 12.1 Å². The third-order valence-electron chi connectivity index (χ3n) is 4.07. The van der Waals surface area contributed by atoms with Crippen molar-refractivity contribution in [1.82, 2.24) is 9.97 Å². The Morgan fingerprint density at radius 3 is 2.38 bits per heavy atom. The SMILES string of the molecule is N#Cc1ccc(Nc2cc(CCCCc3ccccc3)nc(N)n2)cc1. The second kappa shape index (κ2) is 8.63. The Bertz CT molecular complexity index is 883. The molecule has 0 fully saturated rings. The highest BCUT2D eigenvalue weighted by molar-refractivity contribution is 5.58. The fourth-order valence-electron chi connectivity index (χ4n) is 2.77. The highest BCUT2D eigenvalue weighted by atomic mass is 15.1. The minimum absolute atomic E-state index is 0.265. The van der Waals surface area contributed by atoms with Crippen LogP contribution in [0, 0.1) is 11.3 Å². The summed E-state index contributed by atoms with van der Waals surface area (Å²) in [6, 6.07) is 21.7. The summed E-state index contributed by atoms with van der Waals surface area (Å²) >= 11 is 0. The van der Waals surface area contributed by atoms with Gasteiger partial charge in [-0.2, -0.15) is 10.2 Å². The first-order chi connectivity index (χ1) is 12.7. The molecule has 130 valence electrons. The quantitative estimate of drug-likeness (QED) is 0.627. The summed E-state index contributed by atoms with van der Waals surface area (Å²) in [5, 5.41) is 12.1. The van der Waals surface area contributed by atoms with E-state index in [1.165, 1.54) is 5.56 Å². The van der Waals surface area contributed by atoms with Crippen LogP contribution in [-0.4, -0.2) is 9.97 Å². The van der Waals surface area contributed by atoms with E-state index in [9.17, 15) is 0 Å². The topological polar surface area (TPSA) is 87.6 Å². The molecule has 0 radical (unpaired) electrons. The number of nitrogens with one attached hydrogen (secondary N) is 1. The van der Waals surface area contributed by atoms with E-state index in [0.29, 0.717) is 11.4 Å². The summed E-state index contributed by atoms with van der Waals surface area (Å²) in [4.78, 5) is 8.57. The van der Waals surface area contributed by atoms with Crippen molar-refractivity contribution in [1.29, 1.82) is 5.26 Å². The standard InChI is InChI=1S/C21H21N5/c22-15-17-10-12-18(13-11-17)24-20-14-19(25-21(23)26-20)9-5-4-8-16-6-2-1-3-7-16/h1-3,6-7,10-14H,4-5,8-9H2,(H3,23,24,25,26). The predicted molar refractivity (Wildman–Crippen MR) is 104 cm³/mol. The van der Waals surface area contributed by atoms with Gasteiger partial charge in [0.2, 0.25) is 5.95 Å². The Kier molecular flexibility index (Phi) is 5.79. The largest absolute Gasteiger partial charge is 0.368 e. The molecule has 3 aromatic rings. The molecule has 0 saturated carbocycles. The Morgan fingerprint density at radius 2 is 1.65 bits per heavy atom. The number of aryl methyl sites for hydroxylation is 2. The van der Waals surface area contributed by atoms with Gasteiger partial charge >= 0.3 is 0 Å². The lowest BCUT2D eigenvalue weighted by molar-refractivity contribution is 0.722. The van der Waals surface area contributed by atoms with E-state index in [1.807, 2.05) is 24.3 Å². The molecule has 2 aromatic carbocycles. The van der Waals surface area contributed by atoms with Gasteiger partial charge in [-0.3, -0.25) is 0 Å². The number of aromatic nitrogens is 2. The number of nitriles is 1. The molecule has 1 aromatic heterocycles. The first-order valence-corrected chi connectivity index (χ1v) is 8.67. The Morgan fingerprint density at radius 1 is 0.923 bits per heavy atom. The summed E-state index contributed by atoms with van der Waals surface area (Å²) in [5.41, 5.74) is 9.62. The van der Waals surface area contributed by atoms with Gasteiger partial charge in [-0.25, -0.2) is 4.98 Å². The minimum Gasteiger partial charge on any atom is -0.368 e. The molecule has 5 heteroatoms. The molecule has 3 N–H and O–H groups in total. The summed E-state index contributed by atoms with van der Waals surface area (Å²) in [7, 11) is 0. The third kappa shape index (κ3) is 5.05. The van der Waals surface area contributed by atoms with Gasteiger partial charge in [-0.15, -0.1) is 0 Å². The number of nitrogen functional groups attached to an aromatic ring is 1. The van der Waals surface area contributed by atoms with Crippen LogP contribution < -0.4 is 11.1 Å². The van der Waals surface area contributed by atoms with Crippen LogP contribution in [0.1, 0.15) is 29.7 Å². The van der Waals surface area contributed by atoms with E-state index in [2.05, 4.69) is 45.6 Å². The zero-order valence-electron chi connectivity index (χ0n) is 14.5. The maximum atomic E-state index is 8.86. The zero-order chi connectivity index (χ0) is 18.2. The number of nitrogens with zero attached hydrogens (tertiary/aromatic N) is 3. The number of hydrogen-bond donors (Lipinski definition) is 2. The van der Waals surface area contributed by atoms with Crippen LogP contribution in [0.3, 0.4) is 0 Å². The van der Waals surface area contributed by atoms with E-state index in [-0.39, 0.29) is 5.95 Å². The van der Waals surface area contributed by atoms with E-state index in [4.69, 9.17) is 11.0 Å². The molecule has 0 spiro atoms. The van der Waals surface area contributed by atoms with E-state index >= 15 is 0 Å². The van der Waals surface area contributed by atoms with E-state index < -0.39 is 0 Å². The van der Waals surface area contributed by atoms with Gasteiger partial charge < -0.3 is 11.1 Å². The molecule has 0 aliphatic carbocycles. The van der Waals surface area contributed by atoms with Crippen LogP contribution in [0.5, 0.6) is 0 Å². The lowest BCUT2D eigenvalue weighted by Crippen LogP contribution is -2.03. The number of rotatable bonds is 7. The van der Waals surface area contributed by atoms with Crippen LogP contribution >= 0.6 is 0 Å². The molecular weight excluding hydrogens is 322 g/mol. The summed E-state index contributed by atoms with van der Waals surface area (Å²) in [6.07, 6.45) is 4.08. The number of anilines is 3. The highest BCUT2D eigenvalue weighted by Crippen LogP contribution is 2.18. The average Bonchev–Trinajstić information content (AvgIpc) is 2.66. The zero-order valence-corrected chi connectivity index (χ0v) is 14.5. The maximum absolute atomic E-state index is 8.86. The van der Waals surface area contributed by atoms with Crippen molar-refractivity contribution in [2.75, 3.05) is 11.1 Å². The smallest absolute Gasteiger partial charge is 0.222 e. The van der Waals surface area contributed by atoms with Crippen molar-refractivity contribution in [2.24, 2.45) is 0 Å². The van der Waals surface area contributed by atoms with Gasteiger partial charge in [0.05, 0.1) is 11.6 Å². The van der Waals surface area contributed by atoms with Crippen molar-refractivity contribution in [2.45, 2.75) is 25.7 Å². The summed E-state index contributed by atoms with van der Waals surface area (Å²) in [5.74, 6) is 0.932. The monoisotopic (exact) mass is 343 g/mol. The van der Waals surface area contributed by atoms with E-state index in [0.717, 1.165) is 37.1 Å². The summed E-state index contributed by atoms with van der Waals surface area (Å²) in [6.45, 7) is 0. The minimum atomic E-state index is 0.265. The molecule has 0 bridgehead atoms. The molecule has 0 atom stereocenters. The van der Waals surface area contributed by atoms with Gasteiger partial charge in [0, 0.05) is 17.4 Å². The lowest BCUT2D eigenvalue weighted by Gasteiger charge is -2.09. The molecular formula is C21H21N5. The van der Waals surface area contributed by atoms with Gasteiger partial charge in [0.15, 0.2) is 0 Å². The van der Waals surface area contributed by atoms with Crippen molar-refractivity contribution in [3.05, 3.63) is 77.5 Å². The highest BCUT2D eigenvalue weighted by Gasteiger charge is 2.04.